The van der Waals surface area contributed by atoms with Gasteiger partial charge in [-0.3, -0.25) is 4.79 Å². The molecule has 0 spiro atoms. The van der Waals surface area contributed by atoms with E-state index in [-0.39, 0.29) is 24.0 Å². The third-order valence-corrected chi connectivity index (χ3v) is 3.47. The molecule has 1 aromatic rings. The number of ether oxygens (including phenoxy) is 1. The molecular formula is C15H22N2O2. The Bertz CT molecular complexity index is 411. The number of carbonyl (C=O) groups excluding carboxylic acids is 1. The van der Waals surface area contributed by atoms with Crippen LogP contribution in [-0.4, -0.2) is 42.6 Å². The average Bonchev–Trinajstić information content (AvgIpc) is 2.39. The predicted molar refractivity (Wildman–Crippen MR) is 74.8 cm³/mol. The Labute approximate surface area is 114 Å². The molecule has 4 heteroatoms. The van der Waals surface area contributed by atoms with Gasteiger partial charge in [0, 0.05) is 19.6 Å². The van der Waals surface area contributed by atoms with Crippen LogP contribution >= 0.6 is 0 Å². The van der Waals surface area contributed by atoms with Crippen LogP contribution in [0.3, 0.4) is 0 Å². The maximum absolute atomic E-state index is 12.6. The zero-order chi connectivity index (χ0) is 13.8. The molecule has 0 bridgehead atoms. The van der Waals surface area contributed by atoms with Gasteiger partial charge in [-0.1, -0.05) is 30.3 Å². The number of rotatable bonds is 3. The lowest BCUT2D eigenvalue weighted by molar-refractivity contribution is -0.144. The van der Waals surface area contributed by atoms with Crippen molar-refractivity contribution in [1.82, 2.24) is 4.90 Å². The zero-order valence-electron chi connectivity index (χ0n) is 11.6. The fraction of sp³-hybridized carbons (Fsp3) is 0.533. The second kappa shape index (κ2) is 6.17. The Morgan fingerprint density at radius 2 is 1.89 bits per heavy atom. The van der Waals surface area contributed by atoms with E-state index < -0.39 is 0 Å². The summed E-state index contributed by atoms with van der Waals surface area (Å²) in [7, 11) is 0. The van der Waals surface area contributed by atoms with Crippen LogP contribution in [0.2, 0.25) is 0 Å². The lowest BCUT2D eigenvalue weighted by Crippen LogP contribution is -2.50. The van der Waals surface area contributed by atoms with Gasteiger partial charge >= 0.3 is 0 Å². The minimum Gasteiger partial charge on any atom is -0.372 e. The quantitative estimate of drug-likeness (QED) is 0.895. The third kappa shape index (κ3) is 3.33. The Hall–Kier alpha value is -1.39. The van der Waals surface area contributed by atoms with Gasteiger partial charge in [0.2, 0.25) is 5.91 Å². The molecule has 2 N–H and O–H groups in total. The molecule has 3 atom stereocenters. The van der Waals surface area contributed by atoms with E-state index in [1.165, 1.54) is 0 Å². The molecule has 0 radical (unpaired) electrons. The largest absolute Gasteiger partial charge is 0.372 e. The van der Waals surface area contributed by atoms with Crippen LogP contribution in [0.1, 0.15) is 25.3 Å². The van der Waals surface area contributed by atoms with Crippen LogP contribution in [0.15, 0.2) is 30.3 Å². The minimum atomic E-state index is -0.251. The smallest absolute Gasteiger partial charge is 0.231 e. The first-order valence-corrected chi connectivity index (χ1v) is 6.81. The molecule has 2 rings (SSSR count). The summed E-state index contributed by atoms with van der Waals surface area (Å²) in [5.41, 5.74) is 6.79. The standard InChI is InChI=1S/C15H22N2O2/c1-11-9-17(10-12(2)19-11)15(18)14(8-16)13-6-4-3-5-7-13/h3-7,11-12,14H,8-10,16H2,1-2H3/t11-,12+,14?. The number of nitrogens with zero attached hydrogens (tertiary/aromatic N) is 1. The van der Waals surface area contributed by atoms with E-state index in [9.17, 15) is 4.79 Å². The first kappa shape index (κ1) is 14.0. The van der Waals surface area contributed by atoms with E-state index in [0.29, 0.717) is 19.6 Å². The highest BCUT2D eigenvalue weighted by Crippen LogP contribution is 2.20. The average molecular weight is 262 g/mol. The minimum absolute atomic E-state index is 0.0851. The van der Waals surface area contributed by atoms with Crippen LogP contribution in [0.25, 0.3) is 0 Å². The van der Waals surface area contributed by atoms with Crippen molar-refractivity contribution in [2.45, 2.75) is 32.0 Å². The summed E-state index contributed by atoms with van der Waals surface area (Å²) in [6, 6.07) is 9.75. The lowest BCUT2D eigenvalue weighted by Gasteiger charge is -2.37. The molecule has 1 amide bonds. The van der Waals surface area contributed by atoms with E-state index in [4.69, 9.17) is 10.5 Å². The first-order valence-electron chi connectivity index (χ1n) is 6.81. The second-order valence-corrected chi connectivity index (χ2v) is 5.20. The van der Waals surface area contributed by atoms with Gasteiger partial charge in [-0.2, -0.15) is 0 Å². The van der Waals surface area contributed by atoms with Crippen LogP contribution in [0.4, 0.5) is 0 Å². The third-order valence-electron chi connectivity index (χ3n) is 3.47. The number of carbonyl (C=O) groups is 1. The maximum atomic E-state index is 12.6. The summed E-state index contributed by atoms with van der Waals surface area (Å²) < 4.78 is 5.66. The summed E-state index contributed by atoms with van der Waals surface area (Å²) in [5.74, 6) is -0.144. The van der Waals surface area contributed by atoms with Crippen molar-refractivity contribution in [1.29, 1.82) is 0 Å². The molecule has 1 heterocycles. The van der Waals surface area contributed by atoms with E-state index in [0.717, 1.165) is 5.56 Å². The lowest BCUT2D eigenvalue weighted by atomic mass is 9.97. The van der Waals surface area contributed by atoms with Crippen LogP contribution < -0.4 is 5.73 Å². The highest BCUT2D eigenvalue weighted by molar-refractivity contribution is 5.84. The molecule has 1 aromatic carbocycles. The fourth-order valence-electron chi connectivity index (χ4n) is 2.64. The molecule has 1 aliphatic rings. The first-order chi connectivity index (χ1) is 9.11. The van der Waals surface area contributed by atoms with Crippen molar-refractivity contribution < 1.29 is 9.53 Å². The van der Waals surface area contributed by atoms with Crippen molar-refractivity contribution in [2.24, 2.45) is 5.73 Å². The van der Waals surface area contributed by atoms with Gasteiger partial charge in [-0.15, -0.1) is 0 Å². The molecular weight excluding hydrogens is 240 g/mol. The summed E-state index contributed by atoms with van der Waals surface area (Å²) in [5, 5.41) is 0. The van der Waals surface area contributed by atoms with Crippen molar-refractivity contribution in [3.8, 4) is 0 Å². The summed E-state index contributed by atoms with van der Waals surface area (Å²) in [4.78, 5) is 14.5. The Morgan fingerprint density at radius 3 is 2.42 bits per heavy atom. The van der Waals surface area contributed by atoms with Crippen molar-refractivity contribution in [3.63, 3.8) is 0 Å². The number of amides is 1. The van der Waals surface area contributed by atoms with Gasteiger partial charge in [0.25, 0.3) is 0 Å². The number of nitrogens with two attached hydrogens (primary N) is 1. The molecule has 19 heavy (non-hydrogen) atoms. The van der Waals surface area contributed by atoms with Crippen molar-refractivity contribution >= 4 is 5.91 Å². The molecule has 1 fully saturated rings. The fourth-order valence-corrected chi connectivity index (χ4v) is 2.64. The monoisotopic (exact) mass is 262 g/mol. The van der Waals surface area contributed by atoms with Gasteiger partial charge in [-0.05, 0) is 19.4 Å². The van der Waals surface area contributed by atoms with Crippen molar-refractivity contribution in [3.05, 3.63) is 35.9 Å². The van der Waals surface area contributed by atoms with Gasteiger partial charge < -0.3 is 15.4 Å². The Morgan fingerprint density at radius 1 is 1.32 bits per heavy atom. The predicted octanol–water partition coefficient (Wildman–Crippen LogP) is 1.36. The summed E-state index contributed by atoms with van der Waals surface area (Å²) >= 11 is 0. The molecule has 1 saturated heterocycles. The topological polar surface area (TPSA) is 55.6 Å². The Balaban J connectivity index is 2.13. The van der Waals surface area contributed by atoms with Crippen LogP contribution in [0.5, 0.6) is 0 Å². The van der Waals surface area contributed by atoms with E-state index in [1.54, 1.807) is 0 Å². The van der Waals surface area contributed by atoms with Gasteiger partial charge in [0.1, 0.15) is 0 Å². The van der Waals surface area contributed by atoms with Gasteiger partial charge in [0.15, 0.2) is 0 Å². The number of morpholine rings is 1. The van der Waals surface area contributed by atoms with E-state index >= 15 is 0 Å². The second-order valence-electron chi connectivity index (χ2n) is 5.20. The van der Waals surface area contributed by atoms with E-state index in [2.05, 4.69) is 0 Å². The summed E-state index contributed by atoms with van der Waals surface area (Å²) in [6.45, 7) is 5.62. The molecule has 0 saturated carbocycles. The number of hydrogen-bond donors (Lipinski definition) is 1. The zero-order valence-corrected chi connectivity index (χ0v) is 11.6. The van der Waals surface area contributed by atoms with Crippen LogP contribution in [-0.2, 0) is 9.53 Å². The van der Waals surface area contributed by atoms with E-state index in [1.807, 2.05) is 49.1 Å². The molecule has 4 nitrogen and oxygen atoms in total. The molecule has 104 valence electrons. The van der Waals surface area contributed by atoms with Gasteiger partial charge in [-0.25, -0.2) is 0 Å². The normalized spacial score (nSPS) is 25.1. The SMILES string of the molecule is C[C@@H]1CN(C(=O)C(CN)c2ccccc2)C[C@H](C)O1. The maximum Gasteiger partial charge on any atom is 0.231 e. The van der Waals surface area contributed by atoms with Crippen LogP contribution in [0, 0.1) is 0 Å². The molecule has 0 aromatic heterocycles. The highest BCUT2D eigenvalue weighted by atomic mass is 16.5. The number of benzene rings is 1. The molecule has 1 aliphatic heterocycles. The molecule has 1 unspecified atom stereocenters. The molecule has 0 aliphatic carbocycles. The van der Waals surface area contributed by atoms with Crippen molar-refractivity contribution in [2.75, 3.05) is 19.6 Å². The van der Waals surface area contributed by atoms with Gasteiger partial charge in [0.05, 0.1) is 18.1 Å². The Kier molecular flexibility index (Phi) is 4.56. The number of hydrogen-bond acceptors (Lipinski definition) is 3. The highest BCUT2D eigenvalue weighted by Gasteiger charge is 2.30. The summed E-state index contributed by atoms with van der Waals surface area (Å²) in [6.07, 6.45) is 0.170.